The second kappa shape index (κ2) is 7.42. The van der Waals surface area contributed by atoms with Gasteiger partial charge in [-0.3, -0.25) is 10.1 Å². The molecule has 1 aromatic rings. The molecule has 8 nitrogen and oxygen atoms in total. The minimum atomic E-state index is -1.08. The van der Waals surface area contributed by atoms with Crippen molar-refractivity contribution in [2.75, 3.05) is 0 Å². The normalized spacial score (nSPS) is 31.3. The molecule has 28 heavy (non-hydrogen) atoms. The Labute approximate surface area is 168 Å². The first-order chi connectivity index (χ1) is 13.4. The number of urea groups is 1. The molecule has 1 heterocycles. The predicted octanol–water partition coefficient (Wildman–Crippen LogP) is 2.44. The molecule has 0 saturated heterocycles. The average molecular weight is 407 g/mol. The Balaban J connectivity index is 1.31. The maximum absolute atomic E-state index is 12.5. The molecule has 4 aliphatic rings. The fraction of sp³-hybridized carbons (Fsp3) is 0.737. The van der Waals surface area contributed by atoms with Gasteiger partial charge in [-0.15, -0.1) is 5.10 Å². The summed E-state index contributed by atoms with van der Waals surface area (Å²) < 4.78 is 8.94. The zero-order chi connectivity index (χ0) is 19.9. The summed E-state index contributed by atoms with van der Waals surface area (Å²) >= 11 is 0.940. The number of aromatic nitrogens is 2. The van der Waals surface area contributed by atoms with E-state index < -0.39 is 24.0 Å². The Kier molecular flexibility index (Phi) is 5.11. The molecule has 4 fully saturated rings. The molecular formula is C19H26N4O4S. The lowest BCUT2D eigenvalue weighted by Crippen LogP contribution is -2.62. The summed E-state index contributed by atoms with van der Waals surface area (Å²) in [4.78, 5) is 37.3. The van der Waals surface area contributed by atoms with Gasteiger partial charge in [0.25, 0.3) is 5.91 Å². The molecule has 9 heteroatoms. The topological polar surface area (TPSA) is 110 Å². The van der Waals surface area contributed by atoms with E-state index in [0.717, 1.165) is 30.8 Å². The third-order valence-corrected chi connectivity index (χ3v) is 7.13. The largest absolute Gasteiger partial charge is 0.448 e. The highest BCUT2D eigenvalue weighted by Crippen LogP contribution is 2.55. The number of aryl methyl sites for hydroxylation is 1. The summed E-state index contributed by atoms with van der Waals surface area (Å²) in [5, 5.41) is 9.28. The van der Waals surface area contributed by atoms with Crippen molar-refractivity contribution in [3.8, 4) is 0 Å². The summed E-state index contributed by atoms with van der Waals surface area (Å²) in [5.74, 6) is 0.816. The second-order valence-corrected chi connectivity index (χ2v) is 9.35. The van der Waals surface area contributed by atoms with Gasteiger partial charge in [-0.2, -0.15) is 0 Å². The van der Waals surface area contributed by atoms with E-state index in [1.165, 1.54) is 26.2 Å². The highest BCUT2D eigenvalue weighted by molar-refractivity contribution is 7.07. The van der Waals surface area contributed by atoms with E-state index in [0.29, 0.717) is 34.7 Å². The van der Waals surface area contributed by atoms with Crippen molar-refractivity contribution in [1.29, 1.82) is 0 Å². The first-order valence-corrected chi connectivity index (χ1v) is 10.8. The van der Waals surface area contributed by atoms with E-state index in [-0.39, 0.29) is 5.54 Å². The molecule has 0 radical (unpaired) electrons. The fourth-order valence-corrected chi connectivity index (χ4v) is 6.25. The number of hydrogen-bond acceptors (Lipinski definition) is 7. The first-order valence-electron chi connectivity index (χ1n) is 10.0. The standard InChI is InChI=1S/C19H26N4O4S/c1-3-14-15(28-23-22-14)17(25)27-10(2)16(24)20-18(26)21-19-7-11-4-12(8-19)6-13(5-11)9-19/h10-13H,3-9H2,1-2H3,(H2,20,21,24,26)/t10-,11?,12?,13?,19?/m0/s1. The number of ether oxygens (including phenoxy) is 1. The zero-order valence-corrected chi connectivity index (χ0v) is 17.0. The number of amides is 3. The van der Waals surface area contributed by atoms with Gasteiger partial charge in [0.05, 0.1) is 5.69 Å². The predicted molar refractivity (Wildman–Crippen MR) is 102 cm³/mol. The van der Waals surface area contributed by atoms with Gasteiger partial charge in [-0.1, -0.05) is 11.4 Å². The van der Waals surface area contributed by atoms with E-state index in [1.807, 2.05) is 6.92 Å². The summed E-state index contributed by atoms with van der Waals surface area (Å²) in [7, 11) is 0. The Morgan fingerprint density at radius 3 is 2.36 bits per heavy atom. The molecule has 5 rings (SSSR count). The summed E-state index contributed by atoms with van der Waals surface area (Å²) in [6.45, 7) is 3.31. The summed E-state index contributed by atoms with van der Waals surface area (Å²) in [5.41, 5.74) is 0.366. The van der Waals surface area contributed by atoms with Gasteiger partial charge in [-0.25, -0.2) is 9.59 Å². The fourth-order valence-electron chi connectivity index (χ4n) is 5.61. The Morgan fingerprint density at radius 2 is 1.79 bits per heavy atom. The highest BCUT2D eigenvalue weighted by atomic mass is 32.1. The van der Waals surface area contributed by atoms with Gasteiger partial charge >= 0.3 is 12.0 Å². The number of esters is 1. The van der Waals surface area contributed by atoms with Crippen LogP contribution in [0.15, 0.2) is 0 Å². The summed E-state index contributed by atoms with van der Waals surface area (Å²) in [6.07, 6.45) is 6.31. The zero-order valence-electron chi connectivity index (χ0n) is 16.2. The number of carbonyl (C=O) groups is 3. The molecule has 0 aliphatic heterocycles. The molecule has 0 unspecified atom stereocenters. The van der Waals surface area contributed by atoms with Crippen LogP contribution in [-0.2, 0) is 16.0 Å². The first kappa shape index (κ1) is 19.3. The van der Waals surface area contributed by atoms with Gasteiger partial charge in [0, 0.05) is 5.54 Å². The Hall–Kier alpha value is -2.03. The van der Waals surface area contributed by atoms with Crippen molar-refractivity contribution < 1.29 is 19.1 Å². The van der Waals surface area contributed by atoms with Crippen LogP contribution < -0.4 is 10.6 Å². The second-order valence-electron chi connectivity index (χ2n) is 8.59. The molecule has 0 spiro atoms. The monoisotopic (exact) mass is 406 g/mol. The minimum absolute atomic E-state index is 0.177. The molecule has 4 aliphatic carbocycles. The molecule has 2 N–H and O–H groups in total. The molecule has 1 aromatic heterocycles. The van der Waals surface area contributed by atoms with Gasteiger partial charge < -0.3 is 10.1 Å². The van der Waals surface area contributed by atoms with Crippen LogP contribution in [0.25, 0.3) is 0 Å². The van der Waals surface area contributed by atoms with Gasteiger partial charge in [0.15, 0.2) is 11.0 Å². The number of imide groups is 1. The van der Waals surface area contributed by atoms with Crippen molar-refractivity contribution in [2.24, 2.45) is 17.8 Å². The lowest BCUT2D eigenvalue weighted by molar-refractivity contribution is -0.128. The maximum atomic E-state index is 12.5. The van der Waals surface area contributed by atoms with Crippen LogP contribution in [-0.4, -0.2) is 39.1 Å². The molecule has 152 valence electrons. The van der Waals surface area contributed by atoms with Crippen molar-refractivity contribution in [1.82, 2.24) is 20.2 Å². The van der Waals surface area contributed by atoms with E-state index in [9.17, 15) is 14.4 Å². The van der Waals surface area contributed by atoms with Crippen LogP contribution in [0.1, 0.15) is 67.7 Å². The molecule has 3 amide bonds. The Morgan fingerprint density at radius 1 is 1.18 bits per heavy atom. The number of nitrogens with zero attached hydrogens (tertiary/aromatic N) is 2. The third-order valence-electron chi connectivity index (χ3n) is 6.38. The molecule has 1 atom stereocenters. The Bertz CT molecular complexity index is 757. The lowest BCUT2D eigenvalue weighted by atomic mass is 9.53. The number of nitrogens with one attached hydrogen (secondary N) is 2. The molecular weight excluding hydrogens is 380 g/mol. The van der Waals surface area contributed by atoms with E-state index in [4.69, 9.17) is 4.74 Å². The smallest absolute Gasteiger partial charge is 0.352 e. The van der Waals surface area contributed by atoms with Gasteiger partial charge in [0.1, 0.15) is 0 Å². The van der Waals surface area contributed by atoms with Crippen molar-refractivity contribution in [3.05, 3.63) is 10.6 Å². The maximum Gasteiger partial charge on any atom is 0.352 e. The van der Waals surface area contributed by atoms with Crippen LogP contribution in [0.2, 0.25) is 0 Å². The number of carbonyl (C=O) groups excluding carboxylic acids is 3. The van der Waals surface area contributed by atoms with Crippen LogP contribution in [0.4, 0.5) is 4.79 Å². The van der Waals surface area contributed by atoms with Crippen LogP contribution >= 0.6 is 11.5 Å². The molecule has 0 aromatic carbocycles. The number of hydrogen-bond donors (Lipinski definition) is 2. The SMILES string of the molecule is CCc1nnsc1C(=O)O[C@@H](C)C(=O)NC(=O)NC12CC3CC(CC(C3)C1)C2. The van der Waals surface area contributed by atoms with Crippen molar-refractivity contribution >= 4 is 29.4 Å². The summed E-state index contributed by atoms with van der Waals surface area (Å²) in [6, 6.07) is -0.497. The van der Waals surface area contributed by atoms with E-state index in [1.54, 1.807) is 0 Å². The quantitative estimate of drug-likeness (QED) is 0.727. The van der Waals surface area contributed by atoms with Crippen LogP contribution in [0, 0.1) is 17.8 Å². The lowest BCUT2D eigenvalue weighted by Gasteiger charge is -2.56. The highest BCUT2D eigenvalue weighted by Gasteiger charge is 2.51. The van der Waals surface area contributed by atoms with E-state index >= 15 is 0 Å². The molecule has 4 bridgehead atoms. The van der Waals surface area contributed by atoms with Crippen LogP contribution in [0.5, 0.6) is 0 Å². The third kappa shape index (κ3) is 3.76. The van der Waals surface area contributed by atoms with Gasteiger partial charge in [0.2, 0.25) is 0 Å². The van der Waals surface area contributed by atoms with Crippen molar-refractivity contribution in [2.45, 2.75) is 70.4 Å². The minimum Gasteiger partial charge on any atom is -0.448 e. The van der Waals surface area contributed by atoms with Crippen molar-refractivity contribution in [3.63, 3.8) is 0 Å². The molecule has 4 saturated carbocycles. The van der Waals surface area contributed by atoms with E-state index in [2.05, 4.69) is 20.2 Å². The van der Waals surface area contributed by atoms with Gasteiger partial charge in [-0.05, 0) is 81.2 Å². The average Bonchev–Trinajstić information content (AvgIpc) is 3.08. The van der Waals surface area contributed by atoms with Crippen LogP contribution in [0.3, 0.4) is 0 Å². The number of rotatable bonds is 5.